The van der Waals surface area contributed by atoms with Crippen LogP contribution in [0.5, 0.6) is 11.5 Å². The second kappa shape index (κ2) is 10.1. The molecule has 0 saturated carbocycles. The van der Waals surface area contributed by atoms with Crippen molar-refractivity contribution in [3.63, 3.8) is 0 Å². The number of benzene rings is 3. The van der Waals surface area contributed by atoms with Crippen LogP contribution in [0.25, 0.3) is 28.0 Å². The maximum atomic E-state index is 13.0. The van der Waals surface area contributed by atoms with E-state index in [1.54, 1.807) is 55.1 Å². The van der Waals surface area contributed by atoms with E-state index in [1.807, 2.05) is 36.4 Å². The zero-order chi connectivity index (χ0) is 26.8. The third kappa shape index (κ3) is 4.55. The second-order valence-electron chi connectivity index (χ2n) is 8.57. The normalized spacial score (nSPS) is 10.9. The standard InChI is InChI=1S/C28H25N5O5/c1-17-25(28(36)33(32(17)2)19-9-5-4-6-10-19)30-24(34)16-38-22-14-13-18(15-23(22)37-3)26-29-21-12-8-7-11-20(21)27(35)31-26/h4-15H,16H2,1-3H3,(H,30,34)(H,29,31,35). The molecule has 0 bridgehead atoms. The number of anilines is 1. The van der Waals surface area contributed by atoms with Crippen LogP contribution in [0.15, 0.2) is 82.4 Å². The van der Waals surface area contributed by atoms with Crippen LogP contribution in [-0.2, 0) is 11.8 Å². The van der Waals surface area contributed by atoms with E-state index in [1.165, 1.54) is 11.8 Å². The Morgan fingerprint density at radius 1 is 1.00 bits per heavy atom. The van der Waals surface area contributed by atoms with Crippen LogP contribution in [0.4, 0.5) is 5.69 Å². The van der Waals surface area contributed by atoms with Crippen LogP contribution in [-0.4, -0.2) is 39.0 Å². The molecule has 0 spiro atoms. The monoisotopic (exact) mass is 511 g/mol. The molecule has 5 aromatic rings. The lowest BCUT2D eigenvalue weighted by Gasteiger charge is -2.12. The van der Waals surface area contributed by atoms with Crippen LogP contribution in [0, 0.1) is 6.92 Å². The maximum Gasteiger partial charge on any atom is 0.295 e. The van der Waals surface area contributed by atoms with Crippen LogP contribution >= 0.6 is 0 Å². The first-order valence-electron chi connectivity index (χ1n) is 11.8. The molecule has 0 unspecified atom stereocenters. The molecule has 2 N–H and O–H groups in total. The zero-order valence-electron chi connectivity index (χ0n) is 21.0. The first kappa shape index (κ1) is 24.6. The number of carbonyl (C=O) groups is 1. The number of nitrogens with zero attached hydrogens (tertiary/aromatic N) is 3. The Morgan fingerprint density at radius 2 is 1.74 bits per heavy atom. The summed E-state index contributed by atoms with van der Waals surface area (Å²) in [5.41, 5.74) is 2.07. The van der Waals surface area contributed by atoms with Crippen molar-refractivity contribution in [1.29, 1.82) is 0 Å². The number of aromatic amines is 1. The van der Waals surface area contributed by atoms with Gasteiger partial charge in [-0.1, -0.05) is 30.3 Å². The first-order chi connectivity index (χ1) is 18.4. The number of carbonyl (C=O) groups excluding carboxylic acids is 1. The van der Waals surface area contributed by atoms with E-state index in [0.717, 1.165) is 0 Å². The number of ether oxygens (including phenoxy) is 2. The van der Waals surface area contributed by atoms with E-state index < -0.39 is 5.91 Å². The summed E-state index contributed by atoms with van der Waals surface area (Å²) in [7, 11) is 3.22. The first-order valence-corrected chi connectivity index (χ1v) is 11.8. The van der Waals surface area contributed by atoms with Crippen LogP contribution in [0.2, 0.25) is 0 Å². The Hall–Kier alpha value is -5.12. The third-order valence-corrected chi connectivity index (χ3v) is 6.23. The molecule has 0 aliphatic heterocycles. The third-order valence-electron chi connectivity index (χ3n) is 6.23. The summed E-state index contributed by atoms with van der Waals surface area (Å²) >= 11 is 0. The molecule has 1 amide bonds. The molecule has 10 heteroatoms. The van der Waals surface area contributed by atoms with Gasteiger partial charge in [-0.05, 0) is 49.4 Å². The van der Waals surface area contributed by atoms with E-state index in [0.29, 0.717) is 45.2 Å². The number of H-pyrrole nitrogens is 1. The molecule has 0 aliphatic carbocycles. The SMILES string of the molecule is COc1cc(-c2nc3ccccc3c(=O)[nH]2)ccc1OCC(=O)Nc1c(C)n(C)n(-c2ccccc2)c1=O. The predicted octanol–water partition coefficient (Wildman–Crippen LogP) is 3.41. The van der Waals surface area contributed by atoms with Gasteiger partial charge in [0.15, 0.2) is 18.1 Å². The number of hydrogen-bond donors (Lipinski definition) is 2. The van der Waals surface area contributed by atoms with Gasteiger partial charge in [0.25, 0.3) is 17.0 Å². The molecule has 0 aliphatic rings. The van der Waals surface area contributed by atoms with Crippen molar-refractivity contribution in [2.75, 3.05) is 19.0 Å². The molecule has 0 saturated heterocycles. The smallest absolute Gasteiger partial charge is 0.295 e. The van der Waals surface area contributed by atoms with E-state index in [4.69, 9.17) is 9.47 Å². The number of methoxy groups -OCH3 is 1. The van der Waals surface area contributed by atoms with Crippen molar-refractivity contribution < 1.29 is 14.3 Å². The fraction of sp³-hybridized carbons (Fsp3) is 0.143. The zero-order valence-corrected chi connectivity index (χ0v) is 21.0. The minimum absolute atomic E-state index is 0.179. The van der Waals surface area contributed by atoms with Gasteiger partial charge in [-0.3, -0.25) is 19.1 Å². The summed E-state index contributed by atoms with van der Waals surface area (Å²) in [6.07, 6.45) is 0. The topological polar surface area (TPSA) is 120 Å². The Balaban J connectivity index is 1.33. The molecule has 2 heterocycles. The van der Waals surface area contributed by atoms with Crippen LogP contribution in [0.3, 0.4) is 0 Å². The summed E-state index contributed by atoms with van der Waals surface area (Å²) in [6, 6.07) is 21.2. The quantitative estimate of drug-likeness (QED) is 0.346. The van der Waals surface area contributed by atoms with Crippen molar-refractivity contribution in [1.82, 2.24) is 19.3 Å². The minimum atomic E-state index is -0.498. The van der Waals surface area contributed by atoms with Gasteiger partial charge >= 0.3 is 0 Å². The highest BCUT2D eigenvalue weighted by Gasteiger charge is 2.19. The van der Waals surface area contributed by atoms with Crippen molar-refractivity contribution in [3.8, 4) is 28.6 Å². The Labute approximate surface area is 217 Å². The van der Waals surface area contributed by atoms with Gasteiger partial charge in [0, 0.05) is 12.6 Å². The van der Waals surface area contributed by atoms with E-state index in [2.05, 4.69) is 15.3 Å². The molecule has 5 rings (SSSR count). The molecular formula is C28H25N5O5. The van der Waals surface area contributed by atoms with Gasteiger partial charge in [-0.25, -0.2) is 9.67 Å². The second-order valence-corrected chi connectivity index (χ2v) is 8.57. The largest absolute Gasteiger partial charge is 0.493 e. The number of rotatable bonds is 7. The van der Waals surface area contributed by atoms with Crippen LogP contribution < -0.4 is 25.9 Å². The number of hydrogen-bond acceptors (Lipinski definition) is 6. The molecule has 192 valence electrons. The van der Waals surface area contributed by atoms with Gasteiger partial charge in [0.2, 0.25) is 0 Å². The lowest BCUT2D eigenvalue weighted by molar-refractivity contribution is -0.118. The minimum Gasteiger partial charge on any atom is -0.493 e. The van der Waals surface area contributed by atoms with Gasteiger partial charge in [-0.15, -0.1) is 0 Å². The van der Waals surface area contributed by atoms with E-state index in [-0.39, 0.29) is 23.4 Å². The number of fused-ring (bicyclic) bond motifs is 1. The van der Waals surface area contributed by atoms with Gasteiger partial charge < -0.3 is 19.8 Å². The Bertz CT molecular complexity index is 1770. The summed E-state index contributed by atoms with van der Waals surface area (Å²) < 4.78 is 14.3. The van der Waals surface area contributed by atoms with Crippen molar-refractivity contribution in [2.45, 2.75) is 6.92 Å². The van der Waals surface area contributed by atoms with Gasteiger partial charge in [0.1, 0.15) is 11.5 Å². The highest BCUT2D eigenvalue weighted by Crippen LogP contribution is 2.31. The average molecular weight is 512 g/mol. The number of aromatic nitrogens is 4. The van der Waals surface area contributed by atoms with Crippen molar-refractivity contribution in [3.05, 3.63) is 99.2 Å². The lowest BCUT2D eigenvalue weighted by Crippen LogP contribution is -2.25. The number of para-hydroxylation sites is 2. The summed E-state index contributed by atoms with van der Waals surface area (Å²) in [5.74, 6) is 0.558. The Morgan fingerprint density at radius 3 is 2.50 bits per heavy atom. The van der Waals surface area contributed by atoms with Gasteiger partial charge in [-0.2, -0.15) is 0 Å². The number of nitrogens with one attached hydrogen (secondary N) is 2. The lowest BCUT2D eigenvalue weighted by atomic mass is 10.1. The summed E-state index contributed by atoms with van der Waals surface area (Å²) in [6.45, 7) is 1.41. The molecule has 10 nitrogen and oxygen atoms in total. The average Bonchev–Trinajstić information content (AvgIpc) is 3.15. The molecule has 0 fully saturated rings. The molecule has 2 aromatic heterocycles. The molecule has 0 radical (unpaired) electrons. The molecule has 0 atom stereocenters. The highest BCUT2D eigenvalue weighted by atomic mass is 16.5. The number of amides is 1. The molecular weight excluding hydrogens is 486 g/mol. The Kier molecular flexibility index (Phi) is 6.53. The van der Waals surface area contributed by atoms with Gasteiger partial charge in [0.05, 0.1) is 29.4 Å². The molecule has 38 heavy (non-hydrogen) atoms. The van der Waals surface area contributed by atoms with Crippen LogP contribution in [0.1, 0.15) is 5.69 Å². The van der Waals surface area contributed by atoms with E-state index in [9.17, 15) is 14.4 Å². The summed E-state index contributed by atoms with van der Waals surface area (Å²) in [4.78, 5) is 45.5. The maximum absolute atomic E-state index is 13.0. The highest BCUT2D eigenvalue weighted by molar-refractivity contribution is 5.92. The summed E-state index contributed by atoms with van der Waals surface area (Å²) in [5, 5.41) is 3.17. The predicted molar refractivity (Wildman–Crippen MR) is 144 cm³/mol. The van der Waals surface area contributed by atoms with Crippen molar-refractivity contribution in [2.24, 2.45) is 7.05 Å². The fourth-order valence-electron chi connectivity index (χ4n) is 4.19. The van der Waals surface area contributed by atoms with E-state index >= 15 is 0 Å². The van der Waals surface area contributed by atoms with Crippen molar-refractivity contribution >= 4 is 22.5 Å². The fourth-order valence-corrected chi connectivity index (χ4v) is 4.19. The molecule has 3 aromatic carbocycles.